The van der Waals surface area contributed by atoms with Gasteiger partial charge in [-0.3, -0.25) is 0 Å². The molecular weight excluding hydrogens is 1030 g/mol. The standard InChI is InChI=1S/C56H38N4O2S2.2CH3.Hf/c1-33-27-43(53(61)51(29-33)59-47-23-11-7-19-39(47)40-20-8-12-24-48(40)59)35-15-3-5-17-37(35)45-31-63-55(57-45)56-58-46(32-64-56)38-18-6-4-16-36(38)44-28-34(2)30-52(54(44)62)60-49-25-13-9-21-41(49)42-22-10-14-26-50(42)60;;;/h3-32,61-62H,1-2H3;2*1H3;/q;;;+2/p-2. The van der Waals surface area contributed by atoms with Gasteiger partial charge in [0.05, 0.1) is 33.5 Å². The molecule has 8 aromatic carbocycles. The number of aromatic nitrogens is 4. The first-order valence-corrected chi connectivity index (χ1v) is 31.1. The number of nitrogens with zero attached hydrogens (tertiary/aromatic N) is 4. The molecule has 0 saturated heterocycles. The van der Waals surface area contributed by atoms with Gasteiger partial charge in [-0.05, 0) is 83.6 Å². The molecule has 0 atom stereocenters. The summed E-state index contributed by atoms with van der Waals surface area (Å²) in [6.45, 7) is 4.09. The molecule has 322 valence electrons. The van der Waals surface area contributed by atoms with Gasteiger partial charge in [-0.1, -0.05) is 145 Å². The summed E-state index contributed by atoms with van der Waals surface area (Å²) < 4.78 is 8.85. The second kappa shape index (κ2) is 17.7. The van der Waals surface area contributed by atoms with E-state index in [4.69, 9.17) is 9.97 Å². The summed E-state index contributed by atoms with van der Waals surface area (Å²) >= 11 is 3.14. The first-order chi connectivity index (χ1) is 32.8. The molecule has 12 aromatic rings. The van der Waals surface area contributed by atoms with Gasteiger partial charge in [-0.25, -0.2) is 9.97 Å². The van der Waals surface area contributed by atoms with Crippen molar-refractivity contribution in [2.24, 2.45) is 0 Å². The van der Waals surface area contributed by atoms with Crippen LogP contribution in [0.1, 0.15) is 11.1 Å². The summed E-state index contributed by atoms with van der Waals surface area (Å²) in [5.41, 5.74) is 13.4. The van der Waals surface area contributed by atoms with Gasteiger partial charge < -0.3 is 19.3 Å². The van der Waals surface area contributed by atoms with Crippen LogP contribution in [-0.4, -0.2) is 19.1 Å². The molecule has 0 spiro atoms. The zero-order valence-corrected chi connectivity index (χ0v) is 42.5. The molecule has 4 aromatic heterocycles. The molecular formula is C58H42HfN4O2S2. The van der Waals surface area contributed by atoms with E-state index in [0.29, 0.717) is 22.5 Å². The minimum absolute atomic E-state index is 0.0414. The monoisotopic (exact) mass is 1070 g/mol. The Morgan fingerprint density at radius 1 is 0.403 bits per heavy atom. The first kappa shape index (κ1) is 42.7. The second-order valence-corrected chi connectivity index (χ2v) is 22.0. The molecule has 0 radical (unpaired) electrons. The Balaban J connectivity index is 0.00000161. The van der Waals surface area contributed by atoms with Crippen molar-refractivity contribution in [2.75, 3.05) is 0 Å². The van der Waals surface area contributed by atoms with Crippen LogP contribution in [0.5, 0.6) is 11.5 Å². The van der Waals surface area contributed by atoms with E-state index in [0.717, 1.165) is 98.4 Å². The molecule has 0 N–H and O–H groups in total. The Labute approximate surface area is 408 Å². The number of hydrogen-bond acceptors (Lipinski definition) is 6. The Hall–Kier alpha value is -6.91. The predicted octanol–water partition coefficient (Wildman–Crippen LogP) is 15.1. The number of para-hydroxylation sites is 4. The molecule has 67 heavy (non-hydrogen) atoms. The number of hydrogen-bond donors (Lipinski definition) is 0. The van der Waals surface area contributed by atoms with Crippen LogP contribution < -0.4 is 10.2 Å². The number of aryl methyl sites for hydroxylation is 2. The van der Waals surface area contributed by atoms with E-state index in [1.165, 1.54) is 22.7 Å². The van der Waals surface area contributed by atoms with Crippen molar-refractivity contribution in [3.63, 3.8) is 0 Å². The van der Waals surface area contributed by atoms with E-state index >= 15 is 0 Å². The Bertz CT molecular complexity index is 3480. The summed E-state index contributed by atoms with van der Waals surface area (Å²) in [6, 6.07) is 57.1. The average Bonchev–Trinajstić information content (AvgIpc) is 4.18. The van der Waals surface area contributed by atoms with Gasteiger partial charge in [-0.2, -0.15) is 0 Å². The molecule has 4 heterocycles. The SMILES string of the molecule is Cc1cc(-c2ccccc2-c2csc(-c3nc(-c4ccccc4-c4cc(C)cc(-n5c6ccccc6c6ccccc65)c4[O-])cs3)n2)c([O-])c(-n2c3ccccc3c3ccccc32)c1.[CH3][Hf+2][CH3]. The van der Waals surface area contributed by atoms with Gasteiger partial charge in [0.25, 0.3) is 0 Å². The van der Waals surface area contributed by atoms with Gasteiger partial charge in [0, 0.05) is 54.8 Å². The van der Waals surface area contributed by atoms with Gasteiger partial charge in [0.1, 0.15) is 0 Å². The van der Waals surface area contributed by atoms with Crippen molar-refractivity contribution < 1.29 is 33.1 Å². The van der Waals surface area contributed by atoms with E-state index < -0.39 is 0 Å². The number of benzene rings is 8. The Morgan fingerprint density at radius 2 is 0.701 bits per heavy atom. The fourth-order valence-corrected chi connectivity index (χ4v) is 11.2. The van der Waals surface area contributed by atoms with Crippen LogP contribution >= 0.6 is 22.7 Å². The number of thiazole rings is 2. The summed E-state index contributed by atoms with van der Waals surface area (Å²) in [5, 5.41) is 39.6. The van der Waals surface area contributed by atoms with Crippen molar-refractivity contribution in [1.82, 2.24) is 19.1 Å². The molecule has 0 aliphatic carbocycles. The molecule has 0 saturated carbocycles. The maximum absolute atomic E-state index is 14.7. The van der Waals surface area contributed by atoms with E-state index in [1.807, 2.05) is 146 Å². The fraction of sp³-hybridized carbons (Fsp3) is 0.0690. The molecule has 0 aliphatic rings. The summed E-state index contributed by atoms with van der Waals surface area (Å²) in [5.74, 6) is -0.0828. The van der Waals surface area contributed by atoms with E-state index in [1.54, 1.807) is 0 Å². The molecule has 9 heteroatoms. The van der Waals surface area contributed by atoms with Crippen molar-refractivity contribution in [2.45, 2.75) is 23.2 Å². The number of fused-ring (bicyclic) bond motifs is 6. The summed E-state index contributed by atoms with van der Waals surface area (Å²) in [4.78, 5) is 10.3. The fourth-order valence-electron chi connectivity index (χ4n) is 9.48. The molecule has 0 amide bonds. The summed E-state index contributed by atoms with van der Waals surface area (Å²) in [7, 11) is 0. The molecule has 12 rings (SSSR count). The van der Waals surface area contributed by atoms with Gasteiger partial charge in [0.2, 0.25) is 0 Å². The van der Waals surface area contributed by atoms with Gasteiger partial charge >= 0.3 is 32.3 Å². The van der Waals surface area contributed by atoms with Crippen LogP contribution in [0.15, 0.2) is 181 Å². The van der Waals surface area contributed by atoms with Gasteiger partial charge in [-0.15, -0.1) is 22.7 Å². The predicted molar refractivity (Wildman–Crippen MR) is 274 cm³/mol. The first-order valence-electron chi connectivity index (χ1n) is 22.1. The van der Waals surface area contributed by atoms with Crippen LogP contribution in [0.2, 0.25) is 9.36 Å². The molecule has 0 bridgehead atoms. The van der Waals surface area contributed by atoms with Crippen molar-refractivity contribution in [3.8, 4) is 77.7 Å². The molecule has 0 aliphatic heterocycles. The maximum atomic E-state index is 14.7. The van der Waals surface area contributed by atoms with E-state index in [9.17, 15) is 10.2 Å². The topological polar surface area (TPSA) is 81.8 Å². The zero-order valence-electron chi connectivity index (χ0n) is 37.2. The van der Waals surface area contributed by atoms with Crippen LogP contribution in [0.4, 0.5) is 0 Å². The number of rotatable bonds is 7. The Kier molecular flexibility index (Phi) is 11.3. The average molecular weight is 1070 g/mol. The quantitative estimate of drug-likeness (QED) is 0.149. The van der Waals surface area contributed by atoms with Crippen LogP contribution in [0, 0.1) is 13.8 Å². The van der Waals surface area contributed by atoms with E-state index in [2.05, 4.69) is 67.0 Å². The third-order valence-corrected chi connectivity index (χ3v) is 14.1. The van der Waals surface area contributed by atoms with Crippen LogP contribution in [0.25, 0.3) is 110 Å². The molecule has 0 fully saturated rings. The Morgan fingerprint density at radius 3 is 1.04 bits per heavy atom. The summed E-state index contributed by atoms with van der Waals surface area (Å²) in [6.07, 6.45) is 0. The van der Waals surface area contributed by atoms with E-state index in [-0.39, 0.29) is 34.4 Å². The molecule has 0 unspecified atom stereocenters. The van der Waals surface area contributed by atoms with Crippen molar-refractivity contribution in [3.05, 3.63) is 192 Å². The van der Waals surface area contributed by atoms with Crippen molar-refractivity contribution >= 4 is 66.3 Å². The van der Waals surface area contributed by atoms with Crippen LogP contribution in [0.3, 0.4) is 0 Å². The van der Waals surface area contributed by atoms with Crippen LogP contribution in [-0.2, 0) is 22.9 Å². The normalized spacial score (nSPS) is 11.3. The third kappa shape index (κ3) is 7.42. The third-order valence-electron chi connectivity index (χ3n) is 12.2. The minimum atomic E-state index is -0.0414. The van der Waals surface area contributed by atoms with Crippen molar-refractivity contribution in [1.29, 1.82) is 0 Å². The molecule has 6 nitrogen and oxygen atoms in total. The van der Waals surface area contributed by atoms with Gasteiger partial charge in [0.15, 0.2) is 10.0 Å². The zero-order chi connectivity index (χ0) is 45.8. The second-order valence-electron chi connectivity index (χ2n) is 16.7.